The number of nitrogens with zero attached hydrogens (tertiary/aromatic N) is 1. The van der Waals surface area contributed by atoms with E-state index in [-0.39, 0.29) is 6.61 Å². The van der Waals surface area contributed by atoms with E-state index in [2.05, 4.69) is 34.5 Å². The number of nitrogens with one attached hydrogen (secondary N) is 1. The maximum atomic E-state index is 14.6. The van der Waals surface area contributed by atoms with E-state index in [4.69, 9.17) is 4.74 Å². The Morgan fingerprint density at radius 2 is 1.13 bits per heavy atom. The molecule has 1 N–H and O–H groups in total. The fourth-order valence-corrected chi connectivity index (χ4v) is 6.94. The van der Waals surface area contributed by atoms with Gasteiger partial charge in [0.2, 0.25) is 0 Å². The highest BCUT2D eigenvalue weighted by Gasteiger charge is 2.32. The predicted octanol–water partition coefficient (Wildman–Crippen LogP) is 7.71. The van der Waals surface area contributed by atoms with Gasteiger partial charge < -0.3 is 10.1 Å². The number of amides is 1. The molecular formula is C39H40N2O3S. The van der Waals surface area contributed by atoms with Crippen LogP contribution in [0.4, 0.5) is 4.79 Å². The first kappa shape index (κ1) is 31.9. The monoisotopic (exact) mass is 616 g/mol. The Kier molecular flexibility index (Phi) is 11.7. The van der Waals surface area contributed by atoms with Crippen LogP contribution in [0, 0.1) is 6.92 Å². The van der Waals surface area contributed by atoms with Crippen LogP contribution in [-0.2, 0) is 41.7 Å². The number of benzene rings is 5. The summed E-state index contributed by atoms with van der Waals surface area (Å²) in [6, 6.07) is 47.7. The number of hydrogen-bond donors (Lipinski definition) is 1. The predicted molar refractivity (Wildman–Crippen MR) is 182 cm³/mol. The lowest BCUT2D eigenvalue weighted by Crippen LogP contribution is -2.51. The molecule has 0 saturated carbocycles. The fourth-order valence-electron chi connectivity index (χ4n) is 5.37. The molecule has 0 fully saturated rings. The number of alkyl carbamates (subject to hydrolysis) is 1. The van der Waals surface area contributed by atoms with Gasteiger partial charge in [-0.15, -0.1) is 0 Å². The summed E-state index contributed by atoms with van der Waals surface area (Å²) in [5.74, 6) is 0. The van der Waals surface area contributed by atoms with Gasteiger partial charge in [0.05, 0.1) is 22.1 Å². The first-order chi connectivity index (χ1) is 22.0. The second kappa shape index (κ2) is 16.5. The van der Waals surface area contributed by atoms with Gasteiger partial charge >= 0.3 is 6.09 Å². The number of carbonyl (C=O) groups excluding carboxylic acids is 1. The standard InChI is InChI=1S/C39H40N2O3S/c1-31-22-24-36(25-23-31)45(43)38(29-41(27-33-16-8-3-9-17-33)28-34-18-10-4-11-19-34)37(26-32-14-6-2-7-15-32)40-39(42)44-30-35-20-12-5-13-21-35/h2-25,37-38H,26-30H2,1H3,(H,40,42)/t37-,38+,45+/m0/s1. The summed E-state index contributed by atoms with van der Waals surface area (Å²) in [6.07, 6.45) is -0.0167. The van der Waals surface area contributed by atoms with Crippen molar-refractivity contribution >= 4 is 16.9 Å². The number of ether oxygens (including phenoxy) is 1. The van der Waals surface area contributed by atoms with Crippen molar-refractivity contribution in [1.29, 1.82) is 0 Å². The quantitative estimate of drug-likeness (QED) is 0.139. The van der Waals surface area contributed by atoms with Gasteiger partial charge in [-0.05, 0) is 47.7 Å². The lowest BCUT2D eigenvalue weighted by molar-refractivity contribution is 0.134. The Hall–Kier alpha value is -4.52. The minimum absolute atomic E-state index is 0.157. The van der Waals surface area contributed by atoms with Crippen molar-refractivity contribution in [2.24, 2.45) is 0 Å². The Bertz CT molecular complexity index is 1570. The molecule has 0 bridgehead atoms. The van der Waals surface area contributed by atoms with Crippen molar-refractivity contribution < 1.29 is 13.7 Å². The number of aryl methyl sites for hydroxylation is 1. The average Bonchev–Trinajstić information content (AvgIpc) is 3.08. The van der Waals surface area contributed by atoms with Crippen LogP contribution in [0.5, 0.6) is 0 Å². The van der Waals surface area contributed by atoms with Gasteiger partial charge in [-0.1, -0.05) is 139 Å². The third-order valence-electron chi connectivity index (χ3n) is 7.73. The topological polar surface area (TPSA) is 58.6 Å². The minimum atomic E-state index is -1.44. The van der Waals surface area contributed by atoms with E-state index in [1.54, 1.807) is 0 Å². The molecular weight excluding hydrogens is 577 g/mol. The summed E-state index contributed by atoms with van der Waals surface area (Å²) in [5, 5.41) is 2.71. The van der Waals surface area contributed by atoms with Gasteiger partial charge in [0.15, 0.2) is 0 Å². The lowest BCUT2D eigenvalue weighted by atomic mass is 10.0. The summed E-state index contributed by atoms with van der Waals surface area (Å²) >= 11 is 0. The van der Waals surface area contributed by atoms with Crippen LogP contribution in [0.15, 0.2) is 150 Å². The van der Waals surface area contributed by atoms with Crippen LogP contribution in [-0.4, -0.2) is 33.0 Å². The molecule has 0 unspecified atom stereocenters. The Morgan fingerprint density at radius 1 is 0.667 bits per heavy atom. The average molecular weight is 617 g/mol. The zero-order valence-electron chi connectivity index (χ0n) is 25.6. The maximum absolute atomic E-state index is 14.6. The molecule has 3 atom stereocenters. The third kappa shape index (κ3) is 10.00. The Labute approximate surface area is 269 Å². The largest absolute Gasteiger partial charge is 0.445 e. The molecule has 5 nitrogen and oxygen atoms in total. The summed E-state index contributed by atoms with van der Waals surface area (Å²) in [7, 11) is -1.44. The summed E-state index contributed by atoms with van der Waals surface area (Å²) < 4.78 is 20.3. The molecule has 0 spiro atoms. The van der Waals surface area contributed by atoms with E-state index in [0.29, 0.717) is 26.1 Å². The van der Waals surface area contributed by atoms with E-state index < -0.39 is 28.2 Å². The zero-order valence-corrected chi connectivity index (χ0v) is 26.4. The molecule has 0 saturated heterocycles. The SMILES string of the molecule is Cc1ccc([S@@](=O)[C@H](CN(Cc2ccccc2)Cc2ccccc2)[C@H](Cc2ccccc2)NC(=O)OCc2ccccc2)cc1. The third-order valence-corrected chi connectivity index (χ3v) is 9.49. The molecule has 45 heavy (non-hydrogen) atoms. The second-order valence-corrected chi connectivity index (χ2v) is 13.0. The maximum Gasteiger partial charge on any atom is 0.407 e. The lowest BCUT2D eigenvalue weighted by Gasteiger charge is -2.33. The first-order valence-electron chi connectivity index (χ1n) is 15.3. The van der Waals surface area contributed by atoms with E-state index in [1.807, 2.05) is 128 Å². The highest BCUT2D eigenvalue weighted by Crippen LogP contribution is 2.22. The van der Waals surface area contributed by atoms with E-state index in [1.165, 1.54) is 11.1 Å². The summed E-state index contributed by atoms with van der Waals surface area (Å²) in [5.41, 5.74) is 5.40. The van der Waals surface area contributed by atoms with Gasteiger partial charge in [-0.2, -0.15) is 0 Å². The van der Waals surface area contributed by atoms with Crippen LogP contribution >= 0.6 is 0 Å². The van der Waals surface area contributed by atoms with Crippen molar-refractivity contribution in [1.82, 2.24) is 10.2 Å². The fraction of sp³-hybridized carbons (Fsp3) is 0.205. The molecule has 0 aromatic heterocycles. The molecule has 5 rings (SSSR count). The highest BCUT2D eigenvalue weighted by atomic mass is 32.2. The van der Waals surface area contributed by atoms with Crippen LogP contribution in [0.3, 0.4) is 0 Å². The number of carbonyl (C=O) groups is 1. The molecule has 6 heteroatoms. The van der Waals surface area contributed by atoms with E-state index >= 15 is 0 Å². The molecule has 1 amide bonds. The van der Waals surface area contributed by atoms with Crippen molar-refractivity contribution in [3.8, 4) is 0 Å². The van der Waals surface area contributed by atoms with Crippen LogP contribution < -0.4 is 5.32 Å². The summed E-state index contributed by atoms with van der Waals surface area (Å²) in [6.45, 7) is 4.02. The Morgan fingerprint density at radius 3 is 1.64 bits per heavy atom. The van der Waals surface area contributed by atoms with Crippen LogP contribution in [0.25, 0.3) is 0 Å². The number of rotatable bonds is 14. The molecule has 230 valence electrons. The van der Waals surface area contributed by atoms with Crippen molar-refractivity contribution in [2.75, 3.05) is 6.54 Å². The molecule has 5 aromatic rings. The molecule has 0 heterocycles. The molecule has 0 aliphatic heterocycles. The van der Waals surface area contributed by atoms with Gasteiger partial charge in [-0.25, -0.2) is 4.79 Å². The van der Waals surface area contributed by atoms with Crippen LogP contribution in [0.1, 0.15) is 27.8 Å². The van der Waals surface area contributed by atoms with Crippen LogP contribution in [0.2, 0.25) is 0 Å². The molecule has 0 aliphatic rings. The number of hydrogen-bond acceptors (Lipinski definition) is 4. The van der Waals surface area contributed by atoms with Crippen molar-refractivity contribution in [2.45, 2.75) is 49.2 Å². The van der Waals surface area contributed by atoms with Gasteiger partial charge in [0.1, 0.15) is 6.61 Å². The summed E-state index contributed by atoms with van der Waals surface area (Å²) in [4.78, 5) is 16.4. The first-order valence-corrected chi connectivity index (χ1v) is 16.5. The zero-order chi connectivity index (χ0) is 31.3. The van der Waals surface area contributed by atoms with E-state index in [9.17, 15) is 9.00 Å². The molecule has 0 radical (unpaired) electrons. The smallest absolute Gasteiger partial charge is 0.407 e. The van der Waals surface area contributed by atoms with Crippen molar-refractivity contribution in [3.63, 3.8) is 0 Å². The normalized spacial score (nSPS) is 13.1. The highest BCUT2D eigenvalue weighted by molar-refractivity contribution is 7.85. The molecule has 5 aromatic carbocycles. The van der Waals surface area contributed by atoms with Gasteiger partial charge in [0.25, 0.3) is 0 Å². The van der Waals surface area contributed by atoms with Gasteiger partial charge in [-0.3, -0.25) is 9.11 Å². The Balaban J connectivity index is 1.48. The van der Waals surface area contributed by atoms with Crippen molar-refractivity contribution in [3.05, 3.63) is 173 Å². The van der Waals surface area contributed by atoms with Gasteiger partial charge in [0, 0.05) is 24.5 Å². The van der Waals surface area contributed by atoms with E-state index in [0.717, 1.165) is 21.6 Å². The second-order valence-electron chi connectivity index (χ2n) is 11.3. The molecule has 0 aliphatic carbocycles. The minimum Gasteiger partial charge on any atom is -0.445 e.